The summed E-state index contributed by atoms with van der Waals surface area (Å²) in [6.45, 7) is 4.82. The molecule has 2 aliphatic rings. The van der Waals surface area contributed by atoms with Gasteiger partial charge >= 0.3 is 0 Å². The standard InChI is InChI=1S/C12H22F2N2O.ClH/c1-11(2,17)10-7-12(13,14)8-16(10)9-3-5-15-6-4-9;/h9-10,15,17H,3-8H2,1-2H3;1H. The van der Waals surface area contributed by atoms with Crippen molar-refractivity contribution in [2.45, 2.75) is 56.7 Å². The molecule has 18 heavy (non-hydrogen) atoms. The third-order valence-electron chi connectivity index (χ3n) is 3.90. The minimum Gasteiger partial charge on any atom is -0.389 e. The van der Waals surface area contributed by atoms with E-state index in [1.54, 1.807) is 13.8 Å². The molecule has 0 radical (unpaired) electrons. The van der Waals surface area contributed by atoms with Gasteiger partial charge in [0, 0.05) is 18.5 Å². The largest absolute Gasteiger partial charge is 0.389 e. The molecule has 0 spiro atoms. The van der Waals surface area contributed by atoms with Crippen molar-refractivity contribution in [3.05, 3.63) is 0 Å². The highest BCUT2D eigenvalue weighted by Gasteiger charge is 2.51. The summed E-state index contributed by atoms with van der Waals surface area (Å²) in [7, 11) is 0. The molecule has 2 aliphatic heterocycles. The molecule has 0 saturated carbocycles. The van der Waals surface area contributed by atoms with Crippen molar-refractivity contribution in [1.82, 2.24) is 10.2 Å². The summed E-state index contributed by atoms with van der Waals surface area (Å²) in [5.41, 5.74) is -1.06. The first kappa shape index (κ1) is 16.1. The Morgan fingerprint density at radius 1 is 1.28 bits per heavy atom. The van der Waals surface area contributed by atoms with Crippen LogP contribution in [0.3, 0.4) is 0 Å². The van der Waals surface area contributed by atoms with E-state index in [2.05, 4.69) is 5.32 Å². The SMILES string of the molecule is CC(C)(O)C1CC(F)(F)CN1C1CCNCC1.Cl. The summed E-state index contributed by atoms with van der Waals surface area (Å²) in [6, 6.07) is -0.248. The lowest BCUT2D eigenvalue weighted by molar-refractivity contribution is -0.0215. The molecule has 0 bridgehead atoms. The van der Waals surface area contributed by atoms with Crippen LogP contribution in [0.15, 0.2) is 0 Å². The summed E-state index contributed by atoms with van der Waals surface area (Å²) in [6.07, 6.45) is 1.56. The Hall–Kier alpha value is 0.0300. The minimum absolute atomic E-state index is 0. The van der Waals surface area contributed by atoms with Gasteiger partial charge in [-0.3, -0.25) is 4.90 Å². The highest BCUT2D eigenvalue weighted by Crippen LogP contribution is 2.39. The zero-order chi connectivity index (χ0) is 12.7. The van der Waals surface area contributed by atoms with Crippen LogP contribution >= 0.6 is 12.4 Å². The van der Waals surface area contributed by atoms with Crippen molar-refractivity contribution >= 4 is 12.4 Å². The molecule has 108 valence electrons. The maximum absolute atomic E-state index is 13.6. The highest BCUT2D eigenvalue weighted by molar-refractivity contribution is 5.85. The Labute approximate surface area is 113 Å². The predicted octanol–water partition coefficient (Wildman–Crippen LogP) is 1.64. The van der Waals surface area contributed by atoms with Crippen LogP contribution < -0.4 is 5.32 Å². The second-order valence-electron chi connectivity index (χ2n) is 5.88. The summed E-state index contributed by atoms with van der Waals surface area (Å²) in [5, 5.41) is 13.3. The highest BCUT2D eigenvalue weighted by atomic mass is 35.5. The van der Waals surface area contributed by atoms with E-state index in [0.717, 1.165) is 25.9 Å². The molecule has 0 aromatic carbocycles. The Bertz CT molecular complexity index is 278. The Balaban J connectivity index is 0.00000162. The Morgan fingerprint density at radius 3 is 2.33 bits per heavy atom. The number of aliphatic hydroxyl groups is 1. The normalized spacial score (nSPS) is 30.2. The minimum atomic E-state index is -2.66. The van der Waals surface area contributed by atoms with Crippen LogP contribution in [-0.2, 0) is 0 Å². The van der Waals surface area contributed by atoms with Crippen LogP contribution in [0.1, 0.15) is 33.1 Å². The Morgan fingerprint density at radius 2 is 1.83 bits per heavy atom. The van der Waals surface area contributed by atoms with E-state index in [0.29, 0.717) is 0 Å². The van der Waals surface area contributed by atoms with Gasteiger partial charge in [0.25, 0.3) is 5.92 Å². The third kappa shape index (κ3) is 3.53. The maximum atomic E-state index is 13.6. The molecule has 2 fully saturated rings. The van der Waals surface area contributed by atoms with E-state index in [1.165, 1.54) is 0 Å². The smallest absolute Gasteiger partial charge is 0.262 e. The molecule has 6 heteroatoms. The van der Waals surface area contributed by atoms with Crippen LogP contribution in [-0.4, -0.2) is 53.2 Å². The molecule has 1 unspecified atom stereocenters. The maximum Gasteiger partial charge on any atom is 0.262 e. The zero-order valence-electron chi connectivity index (χ0n) is 11.0. The van der Waals surface area contributed by atoms with E-state index in [-0.39, 0.29) is 31.4 Å². The van der Waals surface area contributed by atoms with Gasteiger partial charge < -0.3 is 10.4 Å². The van der Waals surface area contributed by atoms with Gasteiger partial charge in [-0.25, -0.2) is 8.78 Å². The third-order valence-corrected chi connectivity index (χ3v) is 3.90. The molecular formula is C12H23ClF2N2O. The van der Waals surface area contributed by atoms with Gasteiger partial charge in [0.15, 0.2) is 0 Å². The molecule has 1 atom stereocenters. The van der Waals surface area contributed by atoms with E-state index >= 15 is 0 Å². The number of nitrogens with zero attached hydrogens (tertiary/aromatic N) is 1. The first-order valence-electron chi connectivity index (χ1n) is 6.36. The molecule has 2 saturated heterocycles. The molecular weight excluding hydrogens is 262 g/mol. The quantitative estimate of drug-likeness (QED) is 0.809. The lowest BCUT2D eigenvalue weighted by Gasteiger charge is -2.40. The lowest BCUT2D eigenvalue weighted by atomic mass is 9.93. The molecule has 0 aliphatic carbocycles. The van der Waals surface area contributed by atoms with Gasteiger partial charge in [-0.2, -0.15) is 0 Å². The van der Waals surface area contributed by atoms with Gasteiger partial charge in [0.2, 0.25) is 0 Å². The monoisotopic (exact) mass is 284 g/mol. The molecule has 3 nitrogen and oxygen atoms in total. The summed E-state index contributed by atoms with van der Waals surface area (Å²) >= 11 is 0. The van der Waals surface area contributed by atoms with Crippen molar-refractivity contribution < 1.29 is 13.9 Å². The number of halogens is 3. The second kappa shape index (κ2) is 5.57. The van der Waals surface area contributed by atoms with Gasteiger partial charge in [-0.1, -0.05) is 0 Å². The average Bonchev–Trinajstić information content (AvgIpc) is 2.56. The van der Waals surface area contributed by atoms with Crippen molar-refractivity contribution in [2.75, 3.05) is 19.6 Å². The van der Waals surface area contributed by atoms with Crippen molar-refractivity contribution in [3.8, 4) is 0 Å². The van der Waals surface area contributed by atoms with E-state index in [9.17, 15) is 13.9 Å². The fourth-order valence-electron chi connectivity index (χ4n) is 3.02. The van der Waals surface area contributed by atoms with Gasteiger partial charge in [-0.15, -0.1) is 12.4 Å². The molecule has 0 aromatic rings. The van der Waals surface area contributed by atoms with Crippen LogP contribution in [0.25, 0.3) is 0 Å². The van der Waals surface area contributed by atoms with E-state index in [4.69, 9.17) is 0 Å². The molecule has 0 amide bonds. The van der Waals surface area contributed by atoms with Crippen LogP contribution in [0.4, 0.5) is 8.78 Å². The number of hydrogen-bond acceptors (Lipinski definition) is 3. The number of piperidine rings is 1. The van der Waals surface area contributed by atoms with Crippen molar-refractivity contribution in [2.24, 2.45) is 0 Å². The van der Waals surface area contributed by atoms with Crippen molar-refractivity contribution in [3.63, 3.8) is 0 Å². The van der Waals surface area contributed by atoms with E-state index in [1.807, 2.05) is 4.90 Å². The number of likely N-dealkylation sites (tertiary alicyclic amines) is 1. The predicted molar refractivity (Wildman–Crippen MR) is 69.5 cm³/mol. The summed E-state index contributed by atoms with van der Waals surface area (Å²) in [5.74, 6) is -2.66. The molecule has 2 N–H and O–H groups in total. The van der Waals surface area contributed by atoms with Gasteiger partial charge in [0.05, 0.1) is 12.1 Å². The first-order chi connectivity index (χ1) is 7.80. The van der Waals surface area contributed by atoms with Gasteiger partial charge in [-0.05, 0) is 39.8 Å². The first-order valence-corrected chi connectivity index (χ1v) is 6.36. The summed E-state index contributed by atoms with van der Waals surface area (Å²) < 4.78 is 27.1. The average molecular weight is 285 g/mol. The number of rotatable bonds is 2. The molecule has 0 aromatic heterocycles. The number of nitrogens with one attached hydrogen (secondary N) is 1. The number of alkyl halides is 2. The molecule has 2 rings (SSSR count). The summed E-state index contributed by atoms with van der Waals surface area (Å²) in [4.78, 5) is 1.83. The zero-order valence-corrected chi connectivity index (χ0v) is 11.8. The van der Waals surface area contributed by atoms with Crippen LogP contribution in [0.2, 0.25) is 0 Å². The lowest BCUT2D eigenvalue weighted by Crippen LogP contribution is -2.52. The second-order valence-corrected chi connectivity index (χ2v) is 5.88. The fraction of sp³-hybridized carbons (Fsp3) is 1.00. The topological polar surface area (TPSA) is 35.5 Å². The molecule has 2 heterocycles. The number of hydrogen-bond donors (Lipinski definition) is 2. The Kier molecular flexibility index (Phi) is 4.98. The van der Waals surface area contributed by atoms with Crippen molar-refractivity contribution in [1.29, 1.82) is 0 Å². The van der Waals surface area contributed by atoms with Crippen LogP contribution in [0.5, 0.6) is 0 Å². The van der Waals surface area contributed by atoms with Crippen LogP contribution in [0, 0.1) is 0 Å². The van der Waals surface area contributed by atoms with E-state index < -0.39 is 17.6 Å². The van der Waals surface area contributed by atoms with Gasteiger partial charge in [0.1, 0.15) is 0 Å². The fourth-order valence-corrected chi connectivity index (χ4v) is 3.02.